The Bertz CT molecular complexity index is 4340. The van der Waals surface area contributed by atoms with E-state index in [0.29, 0.717) is 0 Å². The Labute approximate surface area is 797 Å². The molecule has 4 aromatic heterocycles. The van der Waals surface area contributed by atoms with Gasteiger partial charge in [0, 0.05) is 16.1 Å². The van der Waals surface area contributed by atoms with Gasteiger partial charge >= 0.3 is 0 Å². The van der Waals surface area contributed by atoms with Crippen LogP contribution in [0.15, 0.2) is 281 Å². The van der Waals surface area contributed by atoms with Crippen molar-refractivity contribution in [3.63, 3.8) is 0 Å². The van der Waals surface area contributed by atoms with E-state index < -0.39 is 63.2 Å². The van der Waals surface area contributed by atoms with Gasteiger partial charge in [-0.05, 0) is 97.1 Å². The van der Waals surface area contributed by atoms with Crippen LogP contribution in [0.3, 0.4) is 0 Å². The maximum absolute atomic E-state index is 12.4. The molecule has 0 bridgehead atoms. The summed E-state index contributed by atoms with van der Waals surface area (Å²) in [5.41, 5.74) is 1.12. The van der Waals surface area contributed by atoms with Crippen LogP contribution >= 0.6 is 0 Å². The Morgan fingerprint density at radius 3 is 0.742 bits per heavy atom. The van der Waals surface area contributed by atoms with Crippen LogP contribution in [-0.4, -0.2) is 97.9 Å². The van der Waals surface area contributed by atoms with Crippen LogP contribution in [-0.2, 0) is 40.1 Å². The summed E-state index contributed by atoms with van der Waals surface area (Å²) in [6, 6.07) is 56.4. The topological polar surface area (TPSA) is 409 Å². The molecule has 0 amide bonds. The lowest BCUT2D eigenvalue weighted by molar-refractivity contribution is 0.0989. The van der Waals surface area contributed by atoms with Crippen LogP contribution in [0.1, 0.15) is 342 Å². The monoisotopic (exact) mass is 1920 g/mol. The molecule has 0 fully saturated rings. The van der Waals surface area contributed by atoms with E-state index in [0.717, 1.165) is 19.0 Å². The van der Waals surface area contributed by atoms with Gasteiger partial charge in [0.1, 0.15) is 6.20 Å². The summed E-state index contributed by atoms with van der Waals surface area (Å²) in [7, 11) is -15.2. The molecule has 0 radical (unpaired) electrons. The van der Waals surface area contributed by atoms with Gasteiger partial charge in [-0.1, -0.05) is 403 Å². The summed E-state index contributed by atoms with van der Waals surface area (Å²) >= 11 is 0. The smallest absolute Gasteiger partial charge is 0.298 e. The summed E-state index contributed by atoms with van der Waals surface area (Å²) in [5, 5.41) is 23.8. The quantitative estimate of drug-likeness (QED) is 0.0515. The lowest BCUT2D eigenvalue weighted by Gasteiger charge is -2.11. The summed E-state index contributed by atoms with van der Waals surface area (Å²) in [6.07, 6.45) is 4.41. The number of sulfonamides is 4. The van der Waals surface area contributed by atoms with Crippen molar-refractivity contribution in [1.82, 2.24) is 41.1 Å². The van der Waals surface area contributed by atoms with Crippen molar-refractivity contribution in [2.24, 2.45) is 0 Å². The summed E-state index contributed by atoms with van der Waals surface area (Å²) in [4.78, 5) is 53.4. The van der Waals surface area contributed by atoms with Gasteiger partial charge in [0.25, 0.3) is 63.4 Å². The molecule has 0 aliphatic rings. The number of rotatable bonds is 20. The van der Waals surface area contributed by atoms with E-state index >= 15 is 0 Å². The average molecular weight is 1920 g/mol. The normalized spacial score (nSPS) is 8.67. The fourth-order valence-electron chi connectivity index (χ4n) is 7.87. The zero-order chi connectivity index (χ0) is 105. The number of carbonyl (C=O) groups excluding carboxylic acids is 4. The second-order valence-electron chi connectivity index (χ2n) is 18.2. The van der Waals surface area contributed by atoms with Gasteiger partial charge in [-0.2, -0.15) is 4.98 Å². The third kappa shape index (κ3) is 57.2. The molecule has 0 aliphatic carbocycles. The molecule has 0 unspecified atom stereocenters. The van der Waals surface area contributed by atoms with E-state index in [1.165, 1.54) is 103 Å². The number of nitrogens with zero attached hydrogens (tertiary/aromatic N) is 8. The van der Waals surface area contributed by atoms with E-state index in [-0.39, 0.29) is 87.8 Å². The van der Waals surface area contributed by atoms with E-state index in [1.807, 2.05) is 277 Å². The highest BCUT2D eigenvalue weighted by Crippen LogP contribution is 2.27. The van der Waals surface area contributed by atoms with Crippen LogP contribution in [0.25, 0.3) is 0 Å². The maximum Gasteiger partial charge on any atom is 0.298 e. The van der Waals surface area contributed by atoms with Gasteiger partial charge in [-0.3, -0.25) is 38.1 Å². The zero-order valence-corrected chi connectivity index (χ0v) is 90.1. The molecule has 8 aromatic carbocycles. The molecule has 32 heteroatoms. The van der Waals surface area contributed by atoms with Gasteiger partial charge in [-0.25, -0.2) is 33.7 Å². The van der Waals surface area contributed by atoms with E-state index in [9.17, 15) is 52.8 Å². The Balaban J connectivity index is -0.000000129. The van der Waals surface area contributed by atoms with Crippen molar-refractivity contribution in [3.05, 3.63) is 289 Å². The third-order valence-corrected chi connectivity index (χ3v) is 17.7. The van der Waals surface area contributed by atoms with E-state index in [1.54, 1.807) is 121 Å². The fourth-order valence-corrected chi connectivity index (χ4v) is 12.3. The van der Waals surface area contributed by atoms with Crippen LogP contribution in [0, 0.1) is 0 Å². The fraction of sp³-hybridized carbons (Fsp3) is 0.400. The van der Waals surface area contributed by atoms with Gasteiger partial charge in [0.15, 0.2) is 18.3 Å². The highest BCUT2D eigenvalue weighted by Gasteiger charge is 2.26. The minimum Gasteiger partial charge on any atom is -0.421 e. The third-order valence-electron chi connectivity index (χ3n) is 12.2. The Morgan fingerprint density at radius 2 is 0.515 bits per heavy atom. The molecule has 0 aliphatic heterocycles. The number of anilines is 4. The molecule has 12 rings (SSSR count). The van der Waals surface area contributed by atoms with Crippen molar-refractivity contribution >= 4 is 86.0 Å². The number of benzene rings is 8. The van der Waals surface area contributed by atoms with Crippen molar-refractivity contribution < 1.29 is 70.8 Å². The molecule has 28 nitrogen and oxygen atoms in total. The summed E-state index contributed by atoms with van der Waals surface area (Å²) in [6.45, 7) is 80.0. The maximum atomic E-state index is 12.4. The van der Waals surface area contributed by atoms with Gasteiger partial charge in [0.2, 0.25) is 23.7 Å². The molecule has 744 valence electrons. The molecule has 0 atom stereocenters. The molecule has 0 saturated heterocycles. The largest absolute Gasteiger partial charge is 0.421 e. The number of aromatic nitrogens is 8. The van der Waals surface area contributed by atoms with Crippen molar-refractivity contribution in [2.45, 2.75) is 297 Å². The van der Waals surface area contributed by atoms with Crippen LogP contribution in [0.4, 0.5) is 22.7 Å². The van der Waals surface area contributed by atoms with Crippen molar-refractivity contribution in [1.29, 1.82) is 0 Å². The summed E-state index contributed by atoms with van der Waals surface area (Å²) in [5.74, 6) is -2.62. The molecule has 132 heavy (non-hydrogen) atoms. The first-order chi connectivity index (χ1) is 64.3. The number of para-hydroxylation sites is 4. The van der Waals surface area contributed by atoms with Crippen molar-refractivity contribution in [2.75, 3.05) is 18.9 Å². The molecule has 0 spiro atoms. The van der Waals surface area contributed by atoms with Gasteiger partial charge in [-0.15, -0.1) is 20.4 Å². The Morgan fingerprint density at radius 1 is 0.265 bits per heavy atom. The first kappa shape index (κ1) is 146. The molecular weight excluding hydrogens is 1750 g/mol. The van der Waals surface area contributed by atoms with Gasteiger partial charge in [0.05, 0.1) is 59.0 Å². The molecule has 4 heterocycles. The molecular formula is C100H164N12O16S4. The number of hydrogen-bond donors (Lipinski definition) is 4. The van der Waals surface area contributed by atoms with E-state index in [4.69, 9.17) is 13.5 Å². The zero-order valence-electron chi connectivity index (χ0n) is 86.8. The number of carbonyl (C=O) groups is 4. The summed E-state index contributed by atoms with van der Waals surface area (Å²) < 4.78 is 128. The van der Waals surface area contributed by atoms with Gasteiger partial charge < -0.3 is 18.0 Å². The number of ketones is 4. The molecule has 4 N–H and O–H groups in total. The number of hydrogen-bond acceptors (Lipinski definition) is 24. The predicted molar refractivity (Wildman–Crippen MR) is 553 cm³/mol. The Kier molecular flexibility index (Phi) is 112. The molecule has 12 aromatic rings. The minimum atomic E-state index is -3.81. The average Bonchev–Trinajstić information content (AvgIpc) is 1.61. The minimum absolute atomic E-state index is 0.00337. The highest BCUT2D eigenvalue weighted by molar-refractivity contribution is 7.93. The second kappa shape index (κ2) is 101. The Hall–Kier alpha value is -12.0. The van der Waals surface area contributed by atoms with Crippen molar-refractivity contribution in [3.8, 4) is 0 Å². The lowest BCUT2D eigenvalue weighted by Crippen LogP contribution is -2.16. The molecule has 0 saturated carbocycles. The predicted octanol–water partition coefficient (Wildman–Crippen LogP) is 28.9. The SMILES string of the molecule is CC.CC.CC.CC.CC.CC.CC.CC.CC.CC.CC.CC.CC.CC.CC.CC.CC.CC.CC.CC.O=C(c1cnno1)c1ccccc1NS(=O)(=O)c1ccccc1.O=C(c1conn1)c1ccccc1NS(=O)(=O)c1ccccc1.O=C(c1ncno1)c1ccccc1NS(=O)(=O)c1ccccc1.O=C(c1nnco1)c1ccccc1NS(=O)(=O)c1ccccc1. The first-order valence-electron chi connectivity index (χ1n) is 46.2. The van der Waals surface area contributed by atoms with Crippen LogP contribution < -0.4 is 18.9 Å². The highest BCUT2D eigenvalue weighted by atomic mass is 32.2. The first-order valence-corrected chi connectivity index (χ1v) is 52.2. The van der Waals surface area contributed by atoms with Crippen LogP contribution in [0.5, 0.6) is 0 Å². The second-order valence-corrected chi connectivity index (χ2v) is 25.0. The number of nitrogens with one attached hydrogen (secondary N) is 4. The standard InChI is InChI=1S/4C15H11N3O4S.20C2H6/c19-14(15-17-16-10-22-15)12-8-4-5-9-13(12)18-23(20,21)11-6-2-1-3-7-11;19-14(15-16-10-17-22-15)12-8-4-5-9-13(12)18-23(20,21)11-6-2-1-3-7-11;19-15(14-10-22-18-16-14)12-8-4-5-9-13(12)17-23(20,21)11-6-2-1-3-7-11;19-15(14-10-16-18-22-14)12-8-4-5-9-13(12)17-23(20,21)11-6-2-1-3-7-11;20*1-2/h2*1-10,18H;2*1-10,17H;20*1-2H3. The lowest BCUT2D eigenvalue weighted by atomic mass is 10.1. The van der Waals surface area contributed by atoms with Crippen LogP contribution in [0.2, 0.25) is 0 Å². The van der Waals surface area contributed by atoms with E-state index in [2.05, 4.69) is 64.5 Å².